The van der Waals surface area contributed by atoms with Crippen molar-refractivity contribution in [2.75, 3.05) is 7.11 Å². The number of hydrogen-bond acceptors (Lipinski definition) is 2. The number of rotatable bonds is 3. The van der Waals surface area contributed by atoms with Crippen molar-refractivity contribution in [3.05, 3.63) is 29.8 Å². The molecule has 16 heavy (non-hydrogen) atoms. The van der Waals surface area contributed by atoms with Crippen LogP contribution in [0.3, 0.4) is 0 Å². The highest BCUT2D eigenvalue weighted by Crippen LogP contribution is 2.35. The fraction of sp³-hybridized carbons (Fsp3) is 0.500. The van der Waals surface area contributed by atoms with Gasteiger partial charge in [0, 0.05) is 5.92 Å². The Hall–Kier alpha value is -1.31. The van der Waals surface area contributed by atoms with Crippen LogP contribution >= 0.6 is 0 Å². The fourth-order valence-electron chi connectivity index (χ4n) is 2.46. The summed E-state index contributed by atoms with van der Waals surface area (Å²) in [6, 6.07) is 8.32. The van der Waals surface area contributed by atoms with E-state index in [1.807, 2.05) is 12.1 Å². The van der Waals surface area contributed by atoms with Gasteiger partial charge in [0.05, 0.1) is 7.11 Å². The minimum Gasteiger partial charge on any atom is -0.497 e. The van der Waals surface area contributed by atoms with E-state index in [0.717, 1.165) is 37.7 Å². The molecule has 0 radical (unpaired) electrons. The first-order valence-corrected chi connectivity index (χ1v) is 5.92. The Kier molecular flexibility index (Phi) is 3.60. The Balaban J connectivity index is 1.99. The van der Waals surface area contributed by atoms with Crippen LogP contribution in [0.15, 0.2) is 24.3 Å². The number of carbonyl (C=O) groups excluding carboxylic acids is 1. The first-order chi connectivity index (χ1) is 7.83. The van der Waals surface area contributed by atoms with E-state index in [-0.39, 0.29) is 0 Å². The number of benzene rings is 1. The van der Waals surface area contributed by atoms with Crippen molar-refractivity contribution in [3.63, 3.8) is 0 Å². The molecule has 1 aliphatic rings. The van der Waals surface area contributed by atoms with Crippen LogP contribution in [0.4, 0.5) is 0 Å². The Labute approximate surface area is 96.6 Å². The molecule has 0 unspecified atom stereocenters. The molecule has 1 aromatic rings. The lowest BCUT2D eigenvalue weighted by Gasteiger charge is -2.25. The van der Waals surface area contributed by atoms with Gasteiger partial charge < -0.3 is 9.53 Å². The van der Waals surface area contributed by atoms with E-state index in [4.69, 9.17) is 4.74 Å². The maximum absolute atomic E-state index is 10.7. The van der Waals surface area contributed by atoms with Crippen molar-refractivity contribution >= 4 is 6.29 Å². The van der Waals surface area contributed by atoms with Gasteiger partial charge in [-0.25, -0.2) is 0 Å². The van der Waals surface area contributed by atoms with E-state index >= 15 is 0 Å². The quantitative estimate of drug-likeness (QED) is 0.728. The lowest BCUT2D eigenvalue weighted by atomic mass is 9.79. The molecule has 0 spiro atoms. The standard InChI is InChI=1S/C14H18O2/c1-16-14-8-6-13(7-9-14)12-4-2-11(10-15)3-5-12/h6-12H,2-5H2,1H3. The molecule has 1 aliphatic carbocycles. The summed E-state index contributed by atoms with van der Waals surface area (Å²) >= 11 is 0. The van der Waals surface area contributed by atoms with E-state index in [1.54, 1.807) is 7.11 Å². The van der Waals surface area contributed by atoms with Gasteiger partial charge in [-0.05, 0) is 49.3 Å². The number of carbonyl (C=O) groups is 1. The Bertz CT molecular complexity index is 334. The van der Waals surface area contributed by atoms with Crippen LogP contribution in [0.25, 0.3) is 0 Å². The second-order valence-electron chi connectivity index (χ2n) is 4.52. The summed E-state index contributed by atoms with van der Waals surface area (Å²) in [7, 11) is 1.68. The molecule has 0 atom stereocenters. The summed E-state index contributed by atoms with van der Waals surface area (Å²) in [5, 5.41) is 0. The second-order valence-corrected chi connectivity index (χ2v) is 4.52. The maximum atomic E-state index is 10.7. The van der Waals surface area contributed by atoms with Crippen molar-refractivity contribution in [2.24, 2.45) is 5.92 Å². The minimum absolute atomic E-state index is 0.300. The molecule has 1 saturated carbocycles. The Morgan fingerprint density at radius 3 is 2.25 bits per heavy atom. The first kappa shape index (κ1) is 11.2. The summed E-state index contributed by atoms with van der Waals surface area (Å²) in [6.07, 6.45) is 5.47. The molecule has 0 aromatic heterocycles. The summed E-state index contributed by atoms with van der Waals surface area (Å²) in [6.45, 7) is 0. The van der Waals surface area contributed by atoms with Gasteiger partial charge in [-0.3, -0.25) is 0 Å². The fourth-order valence-corrected chi connectivity index (χ4v) is 2.46. The Morgan fingerprint density at radius 1 is 1.12 bits per heavy atom. The van der Waals surface area contributed by atoms with Gasteiger partial charge in [-0.2, -0.15) is 0 Å². The van der Waals surface area contributed by atoms with E-state index in [1.165, 1.54) is 5.56 Å². The van der Waals surface area contributed by atoms with E-state index in [9.17, 15) is 4.79 Å². The number of methoxy groups -OCH3 is 1. The van der Waals surface area contributed by atoms with Crippen molar-refractivity contribution in [3.8, 4) is 5.75 Å². The SMILES string of the molecule is COc1ccc(C2CCC(C=O)CC2)cc1. The van der Waals surface area contributed by atoms with Crippen LogP contribution in [0, 0.1) is 5.92 Å². The first-order valence-electron chi connectivity index (χ1n) is 5.92. The third kappa shape index (κ3) is 2.43. The molecular weight excluding hydrogens is 200 g/mol. The molecular formula is C14H18O2. The lowest BCUT2D eigenvalue weighted by Crippen LogP contribution is -2.14. The normalized spacial score (nSPS) is 25.1. The lowest BCUT2D eigenvalue weighted by molar-refractivity contribution is -0.111. The van der Waals surface area contributed by atoms with Crippen LogP contribution in [0.5, 0.6) is 5.75 Å². The monoisotopic (exact) mass is 218 g/mol. The van der Waals surface area contributed by atoms with Gasteiger partial charge in [-0.1, -0.05) is 12.1 Å². The largest absolute Gasteiger partial charge is 0.497 e. The van der Waals surface area contributed by atoms with Crippen LogP contribution in [-0.4, -0.2) is 13.4 Å². The summed E-state index contributed by atoms with van der Waals surface area (Å²) in [5.41, 5.74) is 1.38. The van der Waals surface area contributed by atoms with Gasteiger partial charge >= 0.3 is 0 Å². The van der Waals surface area contributed by atoms with Gasteiger partial charge in [0.1, 0.15) is 12.0 Å². The number of ether oxygens (including phenoxy) is 1. The molecule has 2 heteroatoms. The summed E-state index contributed by atoms with van der Waals surface area (Å²) < 4.78 is 5.14. The molecule has 1 fully saturated rings. The van der Waals surface area contributed by atoms with E-state index < -0.39 is 0 Å². The third-order valence-corrected chi connectivity index (χ3v) is 3.55. The van der Waals surface area contributed by atoms with Gasteiger partial charge in [-0.15, -0.1) is 0 Å². The van der Waals surface area contributed by atoms with Crippen LogP contribution in [-0.2, 0) is 4.79 Å². The molecule has 0 N–H and O–H groups in total. The molecule has 0 amide bonds. The second kappa shape index (κ2) is 5.15. The van der Waals surface area contributed by atoms with Crippen molar-refractivity contribution in [1.82, 2.24) is 0 Å². The molecule has 0 heterocycles. The minimum atomic E-state index is 0.300. The number of aldehydes is 1. The van der Waals surface area contributed by atoms with Gasteiger partial charge in [0.25, 0.3) is 0 Å². The van der Waals surface area contributed by atoms with Crippen LogP contribution < -0.4 is 4.74 Å². The summed E-state index contributed by atoms with van der Waals surface area (Å²) in [5.74, 6) is 1.84. The van der Waals surface area contributed by atoms with Crippen LogP contribution in [0.1, 0.15) is 37.2 Å². The van der Waals surface area contributed by atoms with E-state index in [0.29, 0.717) is 11.8 Å². The molecule has 0 saturated heterocycles. The smallest absolute Gasteiger partial charge is 0.123 e. The third-order valence-electron chi connectivity index (χ3n) is 3.55. The highest BCUT2D eigenvalue weighted by Gasteiger charge is 2.21. The predicted octanol–water partition coefficient (Wildman–Crippen LogP) is 3.17. The van der Waals surface area contributed by atoms with Gasteiger partial charge in [0.15, 0.2) is 0 Å². The average molecular weight is 218 g/mol. The molecule has 2 nitrogen and oxygen atoms in total. The van der Waals surface area contributed by atoms with Crippen molar-refractivity contribution < 1.29 is 9.53 Å². The zero-order chi connectivity index (χ0) is 11.4. The zero-order valence-corrected chi connectivity index (χ0v) is 9.69. The highest BCUT2D eigenvalue weighted by atomic mass is 16.5. The van der Waals surface area contributed by atoms with E-state index in [2.05, 4.69) is 12.1 Å². The Morgan fingerprint density at radius 2 is 1.75 bits per heavy atom. The molecule has 1 aromatic carbocycles. The van der Waals surface area contributed by atoms with Crippen LogP contribution in [0.2, 0.25) is 0 Å². The molecule has 86 valence electrons. The molecule has 2 rings (SSSR count). The average Bonchev–Trinajstić information content (AvgIpc) is 2.39. The maximum Gasteiger partial charge on any atom is 0.123 e. The predicted molar refractivity (Wildman–Crippen MR) is 63.8 cm³/mol. The summed E-state index contributed by atoms with van der Waals surface area (Å²) in [4.78, 5) is 10.7. The molecule has 0 aliphatic heterocycles. The number of hydrogen-bond donors (Lipinski definition) is 0. The topological polar surface area (TPSA) is 26.3 Å². The zero-order valence-electron chi connectivity index (χ0n) is 9.69. The highest BCUT2D eigenvalue weighted by molar-refractivity contribution is 5.53. The van der Waals surface area contributed by atoms with Gasteiger partial charge in [0.2, 0.25) is 0 Å². The van der Waals surface area contributed by atoms with Crippen molar-refractivity contribution in [1.29, 1.82) is 0 Å². The van der Waals surface area contributed by atoms with Crippen molar-refractivity contribution in [2.45, 2.75) is 31.6 Å². The molecule has 0 bridgehead atoms.